The van der Waals surface area contributed by atoms with Gasteiger partial charge < -0.3 is 15.3 Å². The Hall–Kier alpha value is -1.03. The Labute approximate surface area is 70.4 Å². The van der Waals surface area contributed by atoms with Gasteiger partial charge >= 0.3 is 5.69 Å². The lowest BCUT2D eigenvalue weighted by molar-refractivity contribution is 0.454. The van der Waals surface area contributed by atoms with E-state index in [1.165, 1.54) is 0 Å². The monoisotopic (exact) mass is 167 g/mol. The van der Waals surface area contributed by atoms with Crippen molar-refractivity contribution in [1.82, 2.24) is 15.3 Å². The summed E-state index contributed by atoms with van der Waals surface area (Å²) in [5, 5.41) is 3.29. The molecule has 0 radical (unpaired) electrons. The van der Waals surface area contributed by atoms with Crippen molar-refractivity contribution in [3.05, 3.63) is 22.4 Å². The molecule has 4 heteroatoms. The highest BCUT2D eigenvalue weighted by molar-refractivity contribution is 5.04. The zero-order valence-corrected chi connectivity index (χ0v) is 6.89. The van der Waals surface area contributed by atoms with E-state index in [0.717, 1.165) is 31.6 Å². The number of hydrogen-bond acceptors (Lipinski definition) is 2. The zero-order valence-electron chi connectivity index (χ0n) is 6.89. The van der Waals surface area contributed by atoms with Gasteiger partial charge in [0, 0.05) is 17.8 Å². The summed E-state index contributed by atoms with van der Waals surface area (Å²) in [6.07, 6.45) is 4.03. The summed E-state index contributed by atoms with van der Waals surface area (Å²) in [6, 6.07) is 0. The molecule has 1 fully saturated rings. The van der Waals surface area contributed by atoms with Crippen LogP contribution in [-0.4, -0.2) is 23.1 Å². The Morgan fingerprint density at radius 2 is 2.08 bits per heavy atom. The molecule has 1 saturated heterocycles. The largest absolute Gasteiger partial charge is 0.323 e. The van der Waals surface area contributed by atoms with Crippen LogP contribution in [0, 0.1) is 0 Å². The standard InChI is InChI=1S/C8H13N3O/c12-8-10-5-7(11-8)6-1-3-9-4-2-6/h5-6,9H,1-4H2,(H2,10,11,12). The van der Waals surface area contributed by atoms with E-state index in [9.17, 15) is 4.79 Å². The minimum atomic E-state index is -0.0940. The molecule has 0 atom stereocenters. The van der Waals surface area contributed by atoms with E-state index in [0.29, 0.717) is 5.92 Å². The summed E-state index contributed by atoms with van der Waals surface area (Å²) in [7, 11) is 0. The molecular formula is C8H13N3O. The van der Waals surface area contributed by atoms with Crippen LogP contribution in [0.3, 0.4) is 0 Å². The van der Waals surface area contributed by atoms with Crippen molar-refractivity contribution in [2.75, 3.05) is 13.1 Å². The van der Waals surface area contributed by atoms with Crippen LogP contribution >= 0.6 is 0 Å². The Kier molecular flexibility index (Phi) is 1.99. The second-order valence-electron chi connectivity index (χ2n) is 3.22. The maximum atomic E-state index is 10.8. The number of aromatic nitrogens is 2. The van der Waals surface area contributed by atoms with E-state index in [4.69, 9.17) is 0 Å². The van der Waals surface area contributed by atoms with Gasteiger partial charge in [0.05, 0.1) is 0 Å². The molecule has 0 aromatic carbocycles. The molecule has 1 aliphatic heterocycles. The molecule has 0 unspecified atom stereocenters. The summed E-state index contributed by atoms with van der Waals surface area (Å²) in [4.78, 5) is 16.2. The number of imidazole rings is 1. The fourth-order valence-corrected chi connectivity index (χ4v) is 1.70. The van der Waals surface area contributed by atoms with Crippen LogP contribution in [0.2, 0.25) is 0 Å². The predicted molar refractivity (Wildman–Crippen MR) is 46.3 cm³/mol. The molecule has 4 nitrogen and oxygen atoms in total. The quantitative estimate of drug-likeness (QED) is 0.558. The van der Waals surface area contributed by atoms with Crippen molar-refractivity contribution in [3.8, 4) is 0 Å². The molecule has 1 aromatic rings. The van der Waals surface area contributed by atoms with Gasteiger partial charge in [-0.2, -0.15) is 0 Å². The fourth-order valence-electron chi connectivity index (χ4n) is 1.70. The molecule has 1 aliphatic rings. The van der Waals surface area contributed by atoms with Crippen LogP contribution in [0.5, 0.6) is 0 Å². The van der Waals surface area contributed by atoms with Crippen molar-refractivity contribution in [1.29, 1.82) is 0 Å². The van der Waals surface area contributed by atoms with Crippen molar-refractivity contribution in [2.45, 2.75) is 18.8 Å². The van der Waals surface area contributed by atoms with Gasteiger partial charge in [0.15, 0.2) is 0 Å². The number of hydrogen-bond donors (Lipinski definition) is 3. The zero-order chi connectivity index (χ0) is 8.39. The van der Waals surface area contributed by atoms with E-state index >= 15 is 0 Å². The first-order valence-corrected chi connectivity index (χ1v) is 4.34. The minimum Gasteiger partial charge on any atom is -0.317 e. The lowest BCUT2D eigenvalue weighted by atomic mass is 9.95. The van der Waals surface area contributed by atoms with Crippen molar-refractivity contribution in [3.63, 3.8) is 0 Å². The lowest BCUT2D eigenvalue weighted by Crippen LogP contribution is -2.26. The van der Waals surface area contributed by atoms with Crippen LogP contribution < -0.4 is 11.0 Å². The minimum absolute atomic E-state index is 0.0940. The maximum Gasteiger partial charge on any atom is 0.323 e. The van der Waals surface area contributed by atoms with Gasteiger partial charge in [-0.15, -0.1) is 0 Å². The average molecular weight is 167 g/mol. The SMILES string of the molecule is O=c1[nH]cc(C2CCNCC2)[nH]1. The van der Waals surface area contributed by atoms with E-state index in [1.54, 1.807) is 6.20 Å². The second kappa shape index (κ2) is 3.15. The van der Waals surface area contributed by atoms with E-state index in [1.807, 2.05) is 0 Å². The molecule has 0 amide bonds. The summed E-state index contributed by atoms with van der Waals surface area (Å²) in [5.41, 5.74) is 0.963. The third-order valence-corrected chi connectivity index (χ3v) is 2.40. The van der Waals surface area contributed by atoms with E-state index in [-0.39, 0.29) is 5.69 Å². The first kappa shape index (κ1) is 7.61. The Balaban J connectivity index is 2.13. The summed E-state index contributed by atoms with van der Waals surface area (Å²) >= 11 is 0. The van der Waals surface area contributed by atoms with Gasteiger partial charge in [-0.1, -0.05) is 0 Å². The van der Waals surface area contributed by atoms with Crippen LogP contribution in [0.25, 0.3) is 0 Å². The summed E-state index contributed by atoms with van der Waals surface area (Å²) in [6.45, 7) is 2.11. The summed E-state index contributed by atoms with van der Waals surface area (Å²) in [5.74, 6) is 0.533. The third-order valence-electron chi connectivity index (χ3n) is 2.40. The Morgan fingerprint density at radius 1 is 1.33 bits per heavy atom. The normalized spacial score (nSPS) is 19.7. The van der Waals surface area contributed by atoms with Gasteiger partial charge in [0.2, 0.25) is 0 Å². The van der Waals surface area contributed by atoms with Crippen LogP contribution in [0.15, 0.2) is 11.0 Å². The maximum absolute atomic E-state index is 10.8. The Bertz CT molecular complexity index is 295. The van der Waals surface area contributed by atoms with Gasteiger partial charge in [0.1, 0.15) is 0 Å². The van der Waals surface area contributed by atoms with Crippen LogP contribution in [0.1, 0.15) is 24.5 Å². The summed E-state index contributed by atoms with van der Waals surface area (Å²) < 4.78 is 0. The molecule has 1 aromatic heterocycles. The lowest BCUT2D eigenvalue weighted by Gasteiger charge is -2.20. The Morgan fingerprint density at radius 3 is 2.67 bits per heavy atom. The third kappa shape index (κ3) is 1.43. The van der Waals surface area contributed by atoms with Crippen molar-refractivity contribution in [2.24, 2.45) is 0 Å². The molecule has 2 heterocycles. The highest BCUT2D eigenvalue weighted by Crippen LogP contribution is 2.21. The topological polar surface area (TPSA) is 60.7 Å². The number of piperidine rings is 1. The molecule has 0 aliphatic carbocycles. The molecule has 0 spiro atoms. The highest BCUT2D eigenvalue weighted by Gasteiger charge is 2.15. The van der Waals surface area contributed by atoms with Crippen molar-refractivity contribution < 1.29 is 0 Å². The number of rotatable bonds is 1. The van der Waals surface area contributed by atoms with Crippen LogP contribution in [-0.2, 0) is 0 Å². The molecule has 12 heavy (non-hydrogen) atoms. The molecule has 3 N–H and O–H groups in total. The van der Waals surface area contributed by atoms with Gasteiger partial charge in [-0.3, -0.25) is 0 Å². The van der Waals surface area contributed by atoms with E-state index < -0.39 is 0 Å². The van der Waals surface area contributed by atoms with E-state index in [2.05, 4.69) is 15.3 Å². The molecule has 66 valence electrons. The van der Waals surface area contributed by atoms with Gasteiger partial charge in [0.25, 0.3) is 0 Å². The smallest absolute Gasteiger partial charge is 0.317 e. The fraction of sp³-hybridized carbons (Fsp3) is 0.625. The molecular weight excluding hydrogens is 154 g/mol. The number of aromatic amines is 2. The van der Waals surface area contributed by atoms with Gasteiger partial charge in [-0.05, 0) is 25.9 Å². The first-order chi connectivity index (χ1) is 5.86. The van der Waals surface area contributed by atoms with Gasteiger partial charge in [-0.25, -0.2) is 4.79 Å². The predicted octanol–water partition coefficient (Wildman–Crippen LogP) is 0.170. The number of H-pyrrole nitrogens is 2. The van der Waals surface area contributed by atoms with Crippen LogP contribution in [0.4, 0.5) is 0 Å². The van der Waals surface area contributed by atoms with Crippen molar-refractivity contribution >= 4 is 0 Å². The molecule has 0 saturated carbocycles. The second-order valence-corrected chi connectivity index (χ2v) is 3.22. The highest BCUT2D eigenvalue weighted by atomic mass is 16.1. The molecule has 0 bridgehead atoms. The first-order valence-electron chi connectivity index (χ1n) is 4.34. The molecule has 2 rings (SSSR count). The number of nitrogens with one attached hydrogen (secondary N) is 3. The average Bonchev–Trinajstić information content (AvgIpc) is 2.54.